The molecule has 0 aliphatic carbocycles. The quantitative estimate of drug-likeness (QED) is 0.703. The fraction of sp³-hybridized carbons (Fsp3) is 0.588. The van der Waals surface area contributed by atoms with Crippen molar-refractivity contribution in [3.05, 3.63) is 29.8 Å². The van der Waals surface area contributed by atoms with E-state index in [0.29, 0.717) is 12.5 Å². The standard InChI is InChI=1S/C17H25NO2/c1-4-5-6-11-19-15-9-7-14(8-10-15)17-18-16(12-20-17)13(2)3/h7-10,13,16H,4-6,11-12H2,1-3H3/t16-/m1/s1. The minimum atomic E-state index is 0.287. The van der Waals surface area contributed by atoms with Gasteiger partial charge in [0.1, 0.15) is 12.4 Å². The highest BCUT2D eigenvalue weighted by Gasteiger charge is 2.22. The average molecular weight is 275 g/mol. The molecule has 3 nitrogen and oxygen atoms in total. The minimum absolute atomic E-state index is 0.287. The summed E-state index contributed by atoms with van der Waals surface area (Å²) >= 11 is 0. The van der Waals surface area contributed by atoms with Crippen LogP contribution in [-0.4, -0.2) is 25.2 Å². The molecule has 3 heteroatoms. The number of hydrogen-bond donors (Lipinski definition) is 0. The number of rotatable bonds is 7. The summed E-state index contributed by atoms with van der Waals surface area (Å²) in [6.07, 6.45) is 3.56. The number of nitrogens with zero attached hydrogens (tertiary/aromatic N) is 1. The Morgan fingerprint density at radius 3 is 2.60 bits per heavy atom. The van der Waals surface area contributed by atoms with Crippen LogP contribution in [0.4, 0.5) is 0 Å². The van der Waals surface area contributed by atoms with Crippen LogP contribution in [0.5, 0.6) is 5.75 Å². The Balaban J connectivity index is 1.90. The van der Waals surface area contributed by atoms with E-state index in [1.165, 1.54) is 12.8 Å². The van der Waals surface area contributed by atoms with Crippen molar-refractivity contribution in [2.24, 2.45) is 10.9 Å². The number of benzene rings is 1. The Hall–Kier alpha value is -1.51. The van der Waals surface area contributed by atoms with Crippen molar-refractivity contribution in [3.63, 3.8) is 0 Å². The summed E-state index contributed by atoms with van der Waals surface area (Å²) < 4.78 is 11.4. The molecule has 0 radical (unpaired) electrons. The fourth-order valence-electron chi connectivity index (χ4n) is 2.12. The van der Waals surface area contributed by atoms with Crippen LogP contribution in [0, 0.1) is 5.92 Å². The predicted molar refractivity (Wildman–Crippen MR) is 82.6 cm³/mol. The lowest BCUT2D eigenvalue weighted by molar-refractivity contribution is 0.291. The molecule has 1 atom stereocenters. The second-order valence-electron chi connectivity index (χ2n) is 5.64. The summed E-state index contributed by atoms with van der Waals surface area (Å²) in [4.78, 5) is 4.63. The monoisotopic (exact) mass is 275 g/mol. The van der Waals surface area contributed by atoms with Crippen molar-refractivity contribution in [3.8, 4) is 5.75 Å². The average Bonchev–Trinajstić information content (AvgIpc) is 2.94. The molecule has 0 unspecified atom stereocenters. The van der Waals surface area contributed by atoms with E-state index < -0.39 is 0 Å². The molecular formula is C17H25NO2. The van der Waals surface area contributed by atoms with Crippen molar-refractivity contribution in [2.75, 3.05) is 13.2 Å². The molecule has 1 aliphatic rings. The van der Waals surface area contributed by atoms with Gasteiger partial charge in [-0.05, 0) is 36.6 Å². The summed E-state index contributed by atoms with van der Waals surface area (Å²) in [7, 11) is 0. The highest BCUT2D eigenvalue weighted by atomic mass is 16.5. The summed E-state index contributed by atoms with van der Waals surface area (Å²) in [6, 6.07) is 8.33. The molecule has 0 amide bonds. The molecule has 0 bridgehead atoms. The number of unbranched alkanes of at least 4 members (excludes halogenated alkanes) is 2. The molecule has 0 aromatic heterocycles. The maximum absolute atomic E-state index is 5.70. The van der Waals surface area contributed by atoms with Gasteiger partial charge < -0.3 is 9.47 Å². The Bertz CT molecular complexity index is 437. The Labute approximate surface area is 122 Å². The Morgan fingerprint density at radius 1 is 1.25 bits per heavy atom. The molecule has 1 aromatic rings. The van der Waals surface area contributed by atoms with Gasteiger partial charge in [-0.1, -0.05) is 33.6 Å². The molecule has 1 heterocycles. The highest BCUT2D eigenvalue weighted by molar-refractivity contribution is 5.95. The number of hydrogen-bond acceptors (Lipinski definition) is 3. The van der Waals surface area contributed by atoms with Crippen LogP contribution >= 0.6 is 0 Å². The fourth-order valence-corrected chi connectivity index (χ4v) is 2.12. The van der Waals surface area contributed by atoms with E-state index in [2.05, 4.69) is 25.8 Å². The van der Waals surface area contributed by atoms with Crippen molar-refractivity contribution >= 4 is 5.90 Å². The van der Waals surface area contributed by atoms with Gasteiger partial charge in [0, 0.05) is 5.56 Å². The van der Waals surface area contributed by atoms with E-state index in [9.17, 15) is 0 Å². The molecule has 1 aliphatic heterocycles. The highest BCUT2D eigenvalue weighted by Crippen LogP contribution is 2.19. The van der Waals surface area contributed by atoms with E-state index in [-0.39, 0.29) is 6.04 Å². The lowest BCUT2D eigenvalue weighted by Crippen LogP contribution is -2.13. The van der Waals surface area contributed by atoms with E-state index in [0.717, 1.165) is 30.2 Å². The van der Waals surface area contributed by atoms with E-state index in [4.69, 9.17) is 9.47 Å². The van der Waals surface area contributed by atoms with Crippen molar-refractivity contribution in [2.45, 2.75) is 46.1 Å². The first-order valence-corrected chi connectivity index (χ1v) is 7.64. The first kappa shape index (κ1) is 14.9. The second kappa shape index (κ2) is 7.32. The van der Waals surface area contributed by atoms with E-state index >= 15 is 0 Å². The summed E-state index contributed by atoms with van der Waals surface area (Å²) in [5.74, 6) is 2.21. The van der Waals surface area contributed by atoms with Crippen LogP contribution < -0.4 is 4.74 Å². The van der Waals surface area contributed by atoms with Crippen LogP contribution in [-0.2, 0) is 4.74 Å². The Kier molecular flexibility index (Phi) is 5.45. The molecule has 0 spiro atoms. The normalized spacial score (nSPS) is 18.0. The molecule has 2 rings (SSSR count). The smallest absolute Gasteiger partial charge is 0.216 e. The van der Waals surface area contributed by atoms with Crippen LogP contribution in [0.2, 0.25) is 0 Å². The first-order valence-electron chi connectivity index (χ1n) is 7.64. The van der Waals surface area contributed by atoms with Gasteiger partial charge in [0.2, 0.25) is 5.90 Å². The van der Waals surface area contributed by atoms with Gasteiger partial charge >= 0.3 is 0 Å². The van der Waals surface area contributed by atoms with E-state index in [1.54, 1.807) is 0 Å². The minimum Gasteiger partial charge on any atom is -0.494 e. The maximum Gasteiger partial charge on any atom is 0.216 e. The zero-order chi connectivity index (χ0) is 14.4. The molecule has 110 valence electrons. The van der Waals surface area contributed by atoms with Crippen LogP contribution in [0.1, 0.15) is 45.6 Å². The van der Waals surface area contributed by atoms with Gasteiger partial charge in [0.25, 0.3) is 0 Å². The van der Waals surface area contributed by atoms with E-state index in [1.807, 2.05) is 24.3 Å². The lowest BCUT2D eigenvalue weighted by Gasteiger charge is -2.07. The third-order valence-electron chi connectivity index (χ3n) is 3.56. The van der Waals surface area contributed by atoms with Crippen LogP contribution in [0.3, 0.4) is 0 Å². The summed E-state index contributed by atoms with van der Waals surface area (Å²) in [5.41, 5.74) is 1.04. The Morgan fingerprint density at radius 2 is 2.00 bits per heavy atom. The number of aliphatic imine (C=N–C) groups is 1. The van der Waals surface area contributed by atoms with Crippen molar-refractivity contribution < 1.29 is 9.47 Å². The molecule has 0 fully saturated rings. The predicted octanol–water partition coefficient (Wildman–Crippen LogP) is 4.06. The zero-order valence-electron chi connectivity index (χ0n) is 12.8. The maximum atomic E-state index is 5.70. The molecule has 1 aromatic carbocycles. The van der Waals surface area contributed by atoms with Crippen LogP contribution in [0.25, 0.3) is 0 Å². The molecule has 0 saturated carbocycles. The largest absolute Gasteiger partial charge is 0.494 e. The zero-order valence-corrected chi connectivity index (χ0v) is 12.8. The summed E-state index contributed by atoms with van der Waals surface area (Å²) in [6.45, 7) is 8.03. The summed E-state index contributed by atoms with van der Waals surface area (Å²) in [5, 5.41) is 0. The van der Waals surface area contributed by atoms with Crippen molar-refractivity contribution in [1.82, 2.24) is 0 Å². The van der Waals surface area contributed by atoms with Gasteiger partial charge in [-0.3, -0.25) is 0 Å². The van der Waals surface area contributed by atoms with Gasteiger partial charge in [0.05, 0.1) is 12.6 Å². The van der Waals surface area contributed by atoms with Crippen LogP contribution in [0.15, 0.2) is 29.3 Å². The first-order chi connectivity index (χ1) is 9.70. The van der Waals surface area contributed by atoms with Gasteiger partial charge in [-0.25, -0.2) is 4.99 Å². The third kappa shape index (κ3) is 3.99. The molecule has 0 saturated heterocycles. The number of ether oxygens (including phenoxy) is 2. The van der Waals surface area contributed by atoms with Gasteiger partial charge in [-0.2, -0.15) is 0 Å². The van der Waals surface area contributed by atoms with Gasteiger partial charge in [-0.15, -0.1) is 0 Å². The topological polar surface area (TPSA) is 30.8 Å². The molecule has 20 heavy (non-hydrogen) atoms. The van der Waals surface area contributed by atoms with Crippen molar-refractivity contribution in [1.29, 1.82) is 0 Å². The molecular weight excluding hydrogens is 250 g/mol. The molecule has 0 N–H and O–H groups in total. The SMILES string of the molecule is CCCCCOc1ccc(C2=N[C@@H](C(C)C)CO2)cc1. The lowest BCUT2D eigenvalue weighted by atomic mass is 10.1. The van der Waals surface area contributed by atoms with Gasteiger partial charge in [0.15, 0.2) is 0 Å². The third-order valence-corrected chi connectivity index (χ3v) is 3.56. The second-order valence-corrected chi connectivity index (χ2v) is 5.64.